The fraction of sp³-hybridized carbons (Fsp3) is 0.211. The lowest BCUT2D eigenvalue weighted by atomic mass is 9.95. The molecule has 6 heteroatoms. The van der Waals surface area contributed by atoms with Gasteiger partial charge in [0.15, 0.2) is 0 Å². The maximum absolute atomic E-state index is 12.2. The van der Waals surface area contributed by atoms with E-state index in [0.717, 1.165) is 0 Å². The van der Waals surface area contributed by atoms with Crippen LogP contribution in [-0.4, -0.2) is 22.9 Å². The van der Waals surface area contributed by atoms with Crippen molar-refractivity contribution in [1.29, 1.82) is 0 Å². The molecule has 0 spiro atoms. The van der Waals surface area contributed by atoms with E-state index in [1.165, 1.54) is 12.1 Å². The van der Waals surface area contributed by atoms with Crippen LogP contribution in [-0.2, 0) is 4.79 Å². The van der Waals surface area contributed by atoms with Crippen LogP contribution in [0.25, 0.3) is 0 Å². The van der Waals surface area contributed by atoms with Gasteiger partial charge >= 0.3 is 5.97 Å². The molecule has 2 aromatic carbocycles. The second kappa shape index (κ2) is 7.17. The van der Waals surface area contributed by atoms with Gasteiger partial charge in [-0.25, -0.2) is 4.79 Å². The van der Waals surface area contributed by atoms with Crippen LogP contribution < -0.4 is 10.6 Å². The van der Waals surface area contributed by atoms with Gasteiger partial charge in [0.1, 0.15) is 0 Å². The van der Waals surface area contributed by atoms with E-state index in [-0.39, 0.29) is 17.4 Å². The topological polar surface area (TPSA) is 95.5 Å². The van der Waals surface area contributed by atoms with E-state index in [9.17, 15) is 14.4 Å². The minimum atomic E-state index is -1.06. The van der Waals surface area contributed by atoms with E-state index in [1.807, 2.05) is 20.8 Å². The van der Waals surface area contributed by atoms with Gasteiger partial charge in [-0.2, -0.15) is 0 Å². The second-order valence-corrected chi connectivity index (χ2v) is 6.62. The Balaban J connectivity index is 2.07. The number of aromatic carboxylic acids is 1. The van der Waals surface area contributed by atoms with Crippen molar-refractivity contribution >= 4 is 29.2 Å². The summed E-state index contributed by atoms with van der Waals surface area (Å²) in [5.41, 5.74) is 0.984. The highest BCUT2D eigenvalue weighted by Crippen LogP contribution is 2.18. The number of hydrogen-bond acceptors (Lipinski definition) is 3. The SMILES string of the molecule is CC(C)(C)C(=O)Nc1ccc(C(=O)Nc2cccc(C(=O)O)c2)cc1. The van der Waals surface area contributed by atoms with Gasteiger partial charge in [-0.05, 0) is 42.5 Å². The molecule has 2 aromatic rings. The molecule has 0 saturated heterocycles. The molecule has 0 aliphatic carbocycles. The lowest BCUT2D eigenvalue weighted by Gasteiger charge is -2.17. The molecule has 0 aliphatic heterocycles. The van der Waals surface area contributed by atoms with E-state index in [4.69, 9.17) is 5.11 Å². The predicted molar refractivity (Wildman–Crippen MR) is 95.9 cm³/mol. The standard InChI is InChI=1S/C19H20N2O4/c1-19(2,3)18(25)21-14-9-7-12(8-10-14)16(22)20-15-6-4-5-13(11-15)17(23)24/h4-11H,1-3H3,(H,20,22)(H,21,25)(H,23,24). The molecule has 2 rings (SSSR count). The molecule has 0 fully saturated rings. The first-order chi connectivity index (χ1) is 11.7. The molecule has 130 valence electrons. The van der Waals surface area contributed by atoms with Gasteiger partial charge < -0.3 is 15.7 Å². The maximum atomic E-state index is 12.2. The second-order valence-electron chi connectivity index (χ2n) is 6.62. The van der Waals surface area contributed by atoms with Crippen LogP contribution in [0.5, 0.6) is 0 Å². The van der Waals surface area contributed by atoms with E-state index < -0.39 is 11.4 Å². The average molecular weight is 340 g/mol. The van der Waals surface area contributed by atoms with Crippen LogP contribution in [0.3, 0.4) is 0 Å². The van der Waals surface area contributed by atoms with E-state index in [0.29, 0.717) is 16.9 Å². The number of rotatable bonds is 4. The minimum absolute atomic E-state index is 0.0954. The van der Waals surface area contributed by atoms with Crippen LogP contribution in [0.1, 0.15) is 41.5 Å². The monoisotopic (exact) mass is 340 g/mol. The summed E-state index contributed by atoms with van der Waals surface area (Å²) in [6, 6.07) is 12.5. The number of carbonyl (C=O) groups excluding carboxylic acids is 2. The third kappa shape index (κ3) is 4.91. The third-order valence-corrected chi connectivity index (χ3v) is 3.45. The first kappa shape index (κ1) is 18.2. The molecule has 2 amide bonds. The zero-order valence-corrected chi connectivity index (χ0v) is 14.3. The molecule has 0 radical (unpaired) electrons. The van der Waals surface area contributed by atoms with Crippen LogP contribution in [0.4, 0.5) is 11.4 Å². The fourth-order valence-corrected chi connectivity index (χ4v) is 1.96. The van der Waals surface area contributed by atoms with Crippen LogP contribution in [0.2, 0.25) is 0 Å². The Morgan fingerprint density at radius 2 is 1.48 bits per heavy atom. The van der Waals surface area contributed by atoms with Crippen molar-refractivity contribution in [1.82, 2.24) is 0 Å². The molecule has 0 atom stereocenters. The number of amides is 2. The summed E-state index contributed by atoms with van der Waals surface area (Å²) in [6.45, 7) is 5.44. The molecule has 0 aromatic heterocycles. The number of anilines is 2. The molecule has 0 saturated carbocycles. The lowest BCUT2D eigenvalue weighted by molar-refractivity contribution is -0.123. The summed E-state index contributed by atoms with van der Waals surface area (Å²) in [5, 5.41) is 14.4. The average Bonchev–Trinajstić information content (AvgIpc) is 2.54. The quantitative estimate of drug-likeness (QED) is 0.792. The summed E-state index contributed by atoms with van der Waals surface area (Å²) in [7, 11) is 0. The number of hydrogen-bond donors (Lipinski definition) is 3. The minimum Gasteiger partial charge on any atom is -0.478 e. The van der Waals surface area contributed by atoms with Crippen molar-refractivity contribution < 1.29 is 19.5 Å². The zero-order chi connectivity index (χ0) is 18.6. The summed E-state index contributed by atoms with van der Waals surface area (Å²) in [5.74, 6) is -1.54. The first-order valence-electron chi connectivity index (χ1n) is 7.73. The Labute approximate surface area is 145 Å². The van der Waals surface area contributed by atoms with Gasteiger partial charge in [0.25, 0.3) is 5.91 Å². The van der Waals surface area contributed by atoms with Crippen molar-refractivity contribution in [2.24, 2.45) is 5.41 Å². The highest BCUT2D eigenvalue weighted by molar-refractivity contribution is 6.05. The number of benzene rings is 2. The molecule has 25 heavy (non-hydrogen) atoms. The normalized spacial score (nSPS) is 10.8. The van der Waals surface area contributed by atoms with Gasteiger partial charge in [-0.1, -0.05) is 26.8 Å². The molecule has 0 unspecified atom stereocenters. The van der Waals surface area contributed by atoms with E-state index in [2.05, 4.69) is 10.6 Å². The lowest BCUT2D eigenvalue weighted by Crippen LogP contribution is -2.27. The Kier molecular flexibility index (Phi) is 5.22. The van der Waals surface area contributed by atoms with Crippen molar-refractivity contribution in [2.75, 3.05) is 10.6 Å². The Hall–Kier alpha value is -3.15. The molecule has 6 nitrogen and oxygen atoms in total. The summed E-state index contributed by atoms with van der Waals surface area (Å²) < 4.78 is 0. The Bertz CT molecular complexity index is 805. The maximum Gasteiger partial charge on any atom is 0.335 e. The van der Waals surface area contributed by atoms with Crippen LogP contribution in [0, 0.1) is 5.41 Å². The smallest absolute Gasteiger partial charge is 0.335 e. The largest absolute Gasteiger partial charge is 0.478 e. The Morgan fingerprint density at radius 3 is 2.04 bits per heavy atom. The first-order valence-corrected chi connectivity index (χ1v) is 7.73. The van der Waals surface area contributed by atoms with Gasteiger partial charge in [0, 0.05) is 22.4 Å². The van der Waals surface area contributed by atoms with Gasteiger partial charge in [-0.3, -0.25) is 9.59 Å². The number of carboxylic acid groups (broad SMARTS) is 1. The highest BCUT2D eigenvalue weighted by atomic mass is 16.4. The summed E-state index contributed by atoms with van der Waals surface area (Å²) >= 11 is 0. The summed E-state index contributed by atoms with van der Waals surface area (Å²) in [4.78, 5) is 35.1. The molecule has 0 aliphatic rings. The van der Waals surface area contributed by atoms with Gasteiger partial charge in [0.05, 0.1) is 5.56 Å². The number of carboxylic acids is 1. The van der Waals surface area contributed by atoms with Gasteiger partial charge in [0.2, 0.25) is 5.91 Å². The van der Waals surface area contributed by atoms with Gasteiger partial charge in [-0.15, -0.1) is 0 Å². The van der Waals surface area contributed by atoms with Crippen molar-refractivity contribution in [3.63, 3.8) is 0 Å². The molecular weight excluding hydrogens is 320 g/mol. The number of carbonyl (C=O) groups is 3. The molecule has 0 bridgehead atoms. The van der Waals surface area contributed by atoms with Crippen molar-refractivity contribution in [3.8, 4) is 0 Å². The molecule has 0 heterocycles. The molecular formula is C19H20N2O4. The van der Waals surface area contributed by atoms with Crippen molar-refractivity contribution in [2.45, 2.75) is 20.8 Å². The highest BCUT2D eigenvalue weighted by Gasteiger charge is 2.21. The summed E-state index contributed by atoms with van der Waals surface area (Å²) in [6.07, 6.45) is 0. The van der Waals surface area contributed by atoms with E-state index in [1.54, 1.807) is 36.4 Å². The van der Waals surface area contributed by atoms with Crippen molar-refractivity contribution in [3.05, 3.63) is 59.7 Å². The predicted octanol–water partition coefficient (Wildman–Crippen LogP) is 3.62. The van der Waals surface area contributed by atoms with E-state index >= 15 is 0 Å². The Morgan fingerprint density at radius 1 is 0.840 bits per heavy atom. The van der Waals surface area contributed by atoms with Crippen LogP contribution >= 0.6 is 0 Å². The zero-order valence-electron chi connectivity index (χ0n) is 14.3. The third-order valence-electron chi connectivity index (χ3n) is 3.45. The molecule has 3 N–H and O–H groups in total. The fourth-order valence-electron chi connectivity index (χ4n) is 1.96. The van der Waals surface area contributed by atoms with Crippen LogP contribution in [0.15, 0.2) is 48.5 Å². The number of nitrogens with one attached hydrogen (secondary N) is 2.